The van der Waals surface area contributed by atoms with Crippen molar-refractivity contribution in [1.29, 1.82) is 5.26 Å². The number of methoxy groups -OCH3 is 1. The fraction of sp³-hybridized carbons (Fsp3) is 0.333. The standard InChI is InChI=1S/C48H51N9O4/c1-29(2)42(54-48(60)61-5)46(58)56-21-9-12-40(56)44-50-26-38(52-44)32-15-13-31(14-16-32)34-17-18-36-24-37(20-19-35(36)23-34)39-27-51-45(53-39)41-22-30(25-49)28-57(41)47(59)43(55(3)4)33-10-7-6-8-11-33/h6-8,10-11,13-20,23-24,26-27,29-30,40-43H,9,12,21-22,28H2,1-5H3,(H,50,52)(H,51,53)(H,54,60)/t30-,40+,41+,42+,43-/m1/s1. The molecule has 2 aromatic heterocycles. The number of alkyl carbamates (subject to hydrolysis) is 1. The van der Waals surface area contributed by atoms with Crippen LogP contribution in [0.2, 0.25) is 0 Å². The maximum atomic E-state index is 14.1. The first-order valence-electron chi connectivity index (χ1n) is 20.8. The van der Waals surface area contributed by atoms with E-state index in [0.717, 1.165) is 68.6 Å². The number of H-pyrrole nitrogens is 2. The highest BCUT2D eigenvalue weighted by molar-refractivity contribution is 5.91. The number of rotatable bonds is 11. The van der Waals surface area contributed by atoms with Crippen LogP contribution in [0.4, 0.5) is 4.79 Å². The van der Waals surface area contributed by atoms with Gasteiger partial charge in [0.05, 0.1) is 55.0 Å². The minimum Gasteiger partial charge on any atom is -0.453 e. The quantitative estimate of drug-likeness (QED) is 0.118. The van der Waals surface area contributed by atoms with Crippen LogP contribution in [-0.4, -0.2) is 92.9 Å². The number of hydrogen-bond donors (Lipinski definition) is 3. The van der Waals surface area contributed by atoms with Crippen LogP contribution in [0.15, 0.2) is 103 Å². The largest absolute Gasteiger partial charge is 0.453 e. The fourth-order valence-corrected chi connectivity index (χ4v) is 8.82. The van der Waals surface area contributed by atoms with E-state index >= 15 is 0 Å². The average molecular weight is 818 g/mol. The van der Waals surface area contributed by atoms with Crippen LogP contribution in [0.5, 0.6) is 0 Å². The summed E-state index contributed by atoms with van der Waals surface area (Å²) in [4.78, 5) is 61.6. The van der Waals surface area contributed by atoms with Crippen molar-refractivity contribution in [3.63, 3.8) is 0 Å². The molecule has 0 bridgehead atoms. The van der Waals surface area contributed by atoms with E-state index in [1.54, 1.807) is 0 Å². The number of imidazole rings is 2. The molecule has 3 N–H and O–H groups in total. The summed E-state index contributed by atoms with van der Waals surface area (Å²) in [5.74, 6) is 0.841. The lowest BCUT2D eigenvalue weighted by atomic mass is 9.98. The van der Waals surface area contributed by atoms with E-state index in [0.29, 0.717) is 25.3 Å². The number of carbonyl (C=O) groups excluding carboxylic acids is 3. The Labute approximate surface area is 355 Å². The molecule has 2 aliphatic rings. The van der Waals surface area contributed by atoms with Gasteiger partial charge < -0.3 is 29.8 Å². The monoisotopic (exact) mass is 817 g/mol. The molecule has 13 nitrogen and oxygen atoms in total. The van der Waals surface area contributed by atoms with Crippen LogP contribution < -0.4 is 5.32 Å². The minimum absolute atomic E-state index is 0.0441. The van der Waals surface area contributed by atoms with Gasteiger partial charge in [-0.3, -0.25) is 14.5 Å². The molecule has 61 heavy (non-hydrogen) atoms. The zero-order chi connectivity index (χ0) is 42.8. The highest BCUT2D eigenvalue weighted by atomic mass is 16.5. The summed E-state index contributed by atoms with van der Waals surface area (Å²) in [5, 5.41) is 14.8. The fourth-order valence-electron chi connectivity index (χ4n) is 8.82. The molecule has 312 valence electrons. The SMILES string of the molecule is COC(=O)N[C@H](C(=O)N1CCC[C@H]1c1ncc(-c2ccc(-c3ccc4cc(-c5cnc([C@@H]6C[C@H](C#N)CN6C(=O)[C@@H](c6ccccc6)N(C)C)[nH]5)ccc4c3)cc2)[nH]1)C(C)C. The van der Waals surface area contributed by atoms with Gasteiger partial charge in [0.1, 0.15) is 23.7 Å². The lowest BCUT2D eigenvalue weighted by molar-refractivity contribution is -0.137. The van der Waals surface area contributed by atoms with Crippen LogP contribution >= 0.6 is 0 Å². The van der Waals surface area contributed by atoms with E-state index in [9.17, 15) is 19.6 Å². The maximum absolute atomic E-state index is 14.1. The number of aromatic amines is 2. The Balaban J connectivity index is 0.959. The topological polar surface area (TPSA) is 163 Å². The Morgan fingerprint density at radius 3 is 2.05 bits per heavy atom. The van der Waals surface area contributed by atoms with Crippen molar-refractivity contribution in [2.75, 3.05) is 34.3 Å². The summed E-state index contributed by atoms with van der Waals surface area (Å²) in [6.45, 7) is 4.77. The first-order chi connectivity index (χ1) is 29.5. The smallest absolute Gasteiger partial charge is 0.407 e. The highest BCUT2D eigenvalue weighted by Crippen LogP contribution is 2.38. The third-order valence-electron chi connectivity index (χ3n) is 12.1. The van der Waals surface area contributed by atoms with E-state index < -0.39 is 18.2 Å². The number of benzene rings is 4. The number of nitriles is 1. The summed E-state index contributed by atoms with van der Waals surface area (Å²) < 4.78 is 4.77. The Hall–Kier alpha value is -6.78. The van der Waals surface area contributed by atoms with E-state index in [2.05, 4.69) is 82.0 Å². The van der Waals surface area contributed by atoms with Gasteiger partial charge in [0.15, 0.2) is 0 Å². The van der Waals surface area contributed by atoms with Crippen LogP contribution in [0, 0.1) is 23.2 Å². The molecule has 5 atom stereocenters. The number of fused-ring (bicyclic) bond motifs is 1. The van der Waals surface area contributed by atoms with Gasteiger partial charge in [0.2, 0.25) is 11.8 Å². The molecule has 0 spiro atoms. The Bertz CT molecular complexity index is 2580. The second kappa shape index (κ2) is 17.4. The van der Waals surface area contributed by atoms with Crippen molar-refractivity contribution in [3.05, 3.63) is 121 Å². The molecule has 0 radical (unpaired) electrons. The number of likely N-dealkylation sites (tertiary alicyclic amines) is 2. The van der Waals surface area contributed by atoms with E-state index in [4.69, 9.17) is 14.7 Å². The molecule has 4 heterocycles. The highest BCUT2D eigenvalue weighted by Gasteiger charge is 2.41. The molecular weight excluding hydrogens is 767 g/mol. The number of hydrogen-bond acceptors (Lipinski definition) is 8. The van der Waals surface area contributed by atoms with Crippen LogP contribution in [0.1, 0.15) is 68.4 Å². The van der Waals surface area contributed by atoms with Crippen molar-refractivity contribution < 1.29 is 19.1 Å². The van der Waals surface area contributed by atoms with Gasteiger partial charge >= 0.3 is 6.09 Å². The predicted molar refractivity (Wildman–Crippen MR) is 233 cm³/mol. The first kappa shape index (κ1) is 41.0. The maximum Gasteiger partial charge on any atom is 0.407 e. The first-order valence-corrected chi connectivity index (χ1v) is 20.8. The summed E-state index contributed by atoms with van der Waals surface area (Å²) >= 11 is 0. The van der Waals surface area contributed by atoms with Gasteiger partial charge in [-0.2, -0.15) is 5.26 Å². The van der Waals surface area contributed by atoms with Crippen LogP contribution in [0.25, 0.3) is 44.4 Å². The van der Waals surface area contributed by atoms with Crippen molar-refractivity contribution in [1.82, 2.24) is 40.0 Å². The predicted octanol–water partition coefficient (Wildman–Crippen LogP) is 8.05. The van der Waals surface area contributed by atoms with Crippen LogP contribution in [0.3, 0.4) is 0 Å². The molecule has 0 aliphatic carbocycles. The number of likely N-dealkylation sites (N-methyl/N-ethyl adjacent to an activating group) is 1. The number of nitrogens with one attached hydrogen (secondary N) is 3. The molecule has 2 aliphatic heterocycles. The zero-order valence-corrected chi connectivity index (χ0v) is 35.1. The van der Waals surface area contributed by atoms with Crippen molar-refractivity contribution >= 4 is 28.7 Å². The number of amides is 3. The molecular formula is C48H51N9O4. The molecule has 3 amide bonds. The summed E-state index contributed by atoms with van der Waals surface area (Å²) in [5.41, 5.74) is 6.75. The van der Waals surface area contributed by atoms with Gasteiger partial charge in [-0.05, 0) is 84.4 Å². The Morgan fingerprint density at radius 2 is 1.41 bits per heavy atom. The zero-order valence-electron chi connectivity index (χ0n) is 35.1. The van der Waals surface area contributed by atoms with Crippen molar-refractivity contribution in [2.45, 2.75) is 57.3 Å². The molecule has 13 heteroatoms. The van der Waals surface area contributed by atoms with Gasteiger partial charge in [0.25, 0.3) is 0 Å². The molecule has 4 aromatic carbocycles. The molecule has 2 fully saturated rings. The Kier molecular flexibility index (Phi) is 11.7. The second-order valence-corrected chi connectivity index (χ2v) is 16.6. The third kappa shape index (κ3) is 8.36. The lowest BCUT2D eigenvalue weighted by Crippen LogP contribution is -2.51. The van der Waals surface area contributed by atoms with Crippen LogP contribution in [-0.2, 0) is 14.3 Å². The van der Waals surface area contributed by atoms with E-state index in [1.165, 1.54) is 7.11 Å². The number of aromatic nitrogens is 4. The van der Waals surface area contributed by atoms with Gasteiger partial charge in [0, 0.05) is 18.7 Å². The van der Waals surface area contributed by atoms with E-state index in [1.807, 2.05) is 85.4 Å². The summed E-state index contributed by atoms with van der Waals surface area (Å²) in [6.07, 6.45) is 5.16. The van der Waals surface area contributed by atoms with Crippen molar-refractivity contribution in [3.8, 4) is 39.7 Å². The summed E-state index contributed by atoms with van der Waals surface area (Å²) in [6, 6.07) is 31.5. The van der Waals surface area contributed by atoms with Gasteiger partial charge in [-0.1, -0.05) is 92.7 Å². The average Bonchev–Trinajstić information content (AvgIpc) is 4.12. The lowest BCUT2D eigenvalue weighted by Gasteiger charge is -2.31. The Morgan fingerprint density at radius 1 is 0.803 bits per heavy atom. The van der Waals surface area contributed by atoms with Gasteiger partial charge in [-0.15, -0.1) is 0 Å². The molecule has 8 rings (SSSR count). The number of nitrogens with zero attached hydrogens (tertiary/aromatic N) is 6. The normalized spacial score (nSPS) is 18.7. The number of carbonyl (C=O) groups is 3. The van der Waals surface area contributed by atoms with Crippen molar-refractivity contribution in [2.24, 2.45) is 11.8 Å². The third-order valence-corrected chi connectivity index (χ3v) is 12.1. The molecule has 2 saturated heterocycles. The summed E-state index contributed by atoms with van der Waals surface area (Å²) in [7, 11) is 5.10. The molecule has 0 saturated carbocycles. The number of ether oxygens (including phenoxy) is 1. The minimum atomic E-state index is -0.688. The molecule has 6 aromatic rings. The van der Waals surface area contributed by atoms with E-state index in [-0.39, 0.29) is 35.7 Å². The second-order valence-electron chi connectivity index (χ2n) is 16.6. The molecule has 0 unspecified atom stereocenters. The van der Waals surface area contributed by atoms with Gasteiger partial charge in [-0.25, -0.2) is 14.8 Å².